The number of ether oxygens (including phenoxy) is 1. The van der Waals surface area contributed by atoms with Crippen molar-refractivity contribution in [3.05, 3.63) is 21.9 Å². The van der Waals surface area contributed by atoms with Crippen LogP contribution in [0, 0.1) is 5.92 Å². The van der Waals surface area contributed by atoms with Gasteiger partial charge in [0.2, 0.25) is 0 Å². The Kier molecular flexibility index (Phi) is 3.49. The third-order valence-electron chi connectivity index (χ3n) is 2.62. The SMILES string of the molecule is CC(C)COC(=O)N1CCc2ccsc2C1. The molecule has 0 fully saturated rings. The molecule has 0 saturated carbocycles. The van der Waals surface area contributed by atoms with Crippen LogP contribution in [0.1, 0.15) is 24.3 Å². The molecule has 0 aliphatic carbocycles. The Hall–Kier alpha value is -1.03. The second-order valence-corrected chi connectivity index (χ2v) is 5.51. The van der Waals surface area contributed by atoms with Gasteiger partial charge in [-0.25, -0.2) is 4.79 Å². The molecule has 4 heteroatoms. The summed E-state index contributed by atoms with van der Waals surface area (Å²) >= 11 is 1.72. The fraction of sp³-hybridized carbons (Fsp3) is 0.583. The van der Waals surface area contributed by atoms with Crippen LogP contribution in [0.2, 0.25) is 0 Å². The van der Waals surface area contributed by atoms with Crippen LogP contribution in [0.4, 0.5) is 4.79 Å². The maximum atomic E-state index is 11.7. The minimum absolute atomic E-state index is 0.173. The van der Waals surface area contributed by atoms with Gasteiger partial charge in [0.25, 0.3) is 0 Å². The van der Waals surface area contributed by atoms with E-state index in [9.17, 15) is 4.79 Å². The Bertz CT molecular complexity index is 373. The molecular weight excluding hydrogens is 222 g/mol. The van der Waals surface area contributed by atoms with Gasteiger partial charge in [0.15, 0.2) is 0 Å². The fourth-order valence-electron chi connectivity index (χ4n) is 1.72. The molecule has 0 unspecified atom stereocenters. The highest BCUT2D eigenvalue weighted by atomic mass is 32.1. The van der Waals surface area contributed by atoms with Gasteiger partial charge in [-0.05, 0) is 29.3 Å². The Morgan fingerprint density at radius 2 is 2.44 bits per heavy atom. The minimum Gasteiger partial charge on any atom is -0.449 e. The summed E-state index contributed by atoms with van der Waals surface area (Å²) in [6, 6.07) is 2.15. The standard InChI is InChI=1S/C12H17NO2S/c1-9(2)8-15-12(14)13-5-3-10-4-6-16-11(10)7-13/h4,6,9H,3,5,7-8H2,1-2H3. The average molecular weight is 239 g/mol. The van der Waals surface area contributed by atoms with Gasteiger partial charge in [-0.2, -0.15) is 0 Å². The Balaban J connectivity index is 1.90. The zero-order valence-corrected chi connectivity index (χ0v) is 10.5. The second-order valence-electron chi connectivity index (χ2n) is 4.51. The van der Waals surface area contributed by atoms with Crippen LogP contribution >= 0.6 is 11.3 Å². The van der Waals surface area contributed by atoms with E-state index in [1.807, 2.05) is 13.8 Å². The summed E-state index contributed by atoms with van der Waals surface area (Å²) in [6.07, 6.45) is 0.781. The molecule has 3 nitrogen and oxygen atoms in total. The van der Waals surface area contributed by atoms with Crippen LogP contribution in [0.15, 0.2) is 11.4 Å². The molecule has 0 aromatic carbocycles. The van der Waals surface area contributed by atoms with Gasteiger partial charge < -0.3 is 9.64 Å². The first kappa shape index (κ1) is 11.5. The summed E-state index contributed by atoms with van der Waals surface area (Å²) in [5, 5.41) is 2.09. The van der Waals surface area contributed by atoms with Crippen molar-refractivity contribution in [2.45, 2.75) is 26.8 Å². The van der Waals surface area contributed by atoms with E-state index < -0.39 is 0 Å². The monoisotopic (exact) mass is 239 g/mol. The van der Waals surface area contributed by atoms with Crippen LogP contribution in [-0.2, 0) is 17.7 Å². The lowest BCUT2D eigenvalue weighted by molar-refractivity contribution is 0.0884. The molecule has 2 heterocycles. The predicted octanol–water partition coefficient (Wildman–Crippen LogP) is 2.90. The second kappa shape index (κ2) is 4.87. The van der Waals surface area contributed by atoms with Crippen LogP contribution in [0.25, 0.3) is 0 Å². The summed E-state index contributed by atoms with van der Waals surface area (Å²) in [5.74, 6) is 0.394. The van der Waals surface area contributed by atoms with Gasteiger partial charge >= 0.3 is 6.09 Å². The number of thiophene rings is 1. The summed E-state index contributed by atoms with van der Waals surface area (Å²) in [4.78, 5) is 14.8. The van der Waals surface area contributed by atoms with Gasteiger partial charge in [0, 0.05) is 11.4 Å². The highest BCUT2D eigenvalue weighted by Crippen LogP contribution is 2.24. The zero-order chi connectivity index (χ0) is 11.5. The first-order valence-corrected chi connectivity index (χ1v) is 6.51. The first-order chi connectivity index (χ1) is 7.66. The number of amides is 1. The molecule has 1 aliphatic rings. The van der Waals surface area contributed by atoms with Crippen molar-refractivity contribution in [1.82, 2.24) is 4.90 Å². The smallest absolute Gasteiger partial charge is 0.410 e. The van der Waals surface area contributed by atoms with Crippen LogP contribution in [0.3, 0.4) is 0 Å². The maximum Gasteiger partial charge on any atom is 0.410 e. The molecule has 1 aromatic rings. The predicted molar refractivity (Wildman–Crippen MR) is 64.6 cm³/mol. The van der Waals surface area contributed by atoms with Crippen molar-refractivity contribution in [1.29, 1.82) is 0 Å². The van der Waals surface area contributed by atoms with E-state index in [1.54, 1.807) is 16.2 Å². The van der Waals surface area contributed by atoms with Crippen LogP contribution in [-0.4, -0.2) is 24.1 Å². The topological polar surface area (TPSA) is 29.5 Å². The van der Waals surface area contributed by atoms with Gasteiger partial charge in [0.05, 0.1) is 13.2 Å². The third-order valence-corrected chi connectivity index (χ3v) is 3.57. The van der Waals surface area contributed by atoms with Crippen molar-refractivity contribution < 1.29 is 9.53 Å². The highest BCUT2D eigenvalue weighted by molar-refractivity contribution is 7.10. The fourth-order valence-corrected chi connectivity index (χ4v) is 2.67. The van der Waals surface area contributed by atoms with E-state index in [0.717, 1.165) is 13.0 Å². The molecule has 88 valence electrons. The van der Waals surface area contributed by atoms with E-state index in [4.69, 9.17) is 4.74 Å². The van der Waals surface area contributed by atoms with Gasteiger partial charge in [0.1, 0.15) is 0 Å². The molecule has 0 bridgehead atoms. The number of nitrogens with zero attached hydrogens (tertiary/aromatic N) is 1. The van der Waals surface area contributed by atoms with E-state index in [-0.39, 0.29) is 6.09 Å². The summed E-state index contributed by atoms with van der Waals surface area (Å²) < 4.78 is 5.23. The lowest BCUT2D eigenvalue weighted by atomic mass is 10.1. The molecular formula is C12H17NO2S. The number of carbonyl (C=O) groups is 1. The van der Waals surface area contributed by atoms with E-state index >= 15 is 0 Å². The molecule has 0 spiro atoms. The Morgan fingerprint density at radius 1 is 1.62 bits per heavy atom. The van der Waals surface area contributed by atoms with Gasteiger partial charge in [-0.3, -0.25) is 0 Å². The molecule has 2 rings (SSSR count). The van der Waals surface area contributed by atoms with Crippen molar-refractivity contribution >= 4 is 17.4 Å². The summed E-state index contributed by atoms with van der Waals surface area (Å²) in [7, 11) is 0. The van der Waals surface area contributed by atoms with E-state index in [1.165, 1.54) is 10.4 Å². The van der Waals surface area contributed by atoms with E-state index in [2.05, 4.69) is 11.4 Å². The van der Waals surface area contributed by atoms with Crippen molar-refractivity contribution in [3.63, 3.8) is 0 Å². The van der Waals surface area contributed by atoms with Gasteiger partial charge in [-0.1, -0.05) is 13.8 Å². The van der Waals surface area contributed by atoms with Crippen molar-refractivity contribution in [2.24, 2.45) is 5.92 Å². The maximum absolute atomic E-state index is 11.7. The molecule has 1 aliphatic heterocycles. The molecule has 1 aromatic heterocycles. The van der Waals surface area contributed by atoms with Crippen LogP contribution < -0.4 is 0 Å². The molecule has 0 atom stereocenters. The Morgan fingerprint density at radius 3 is 3.19 bits per heavy atom. The summed E-state index contributed by atoms with van der Waals surface area (Å²) in [6.45, 7) is 6.08. The highest BCUT2D eigenvalue weighted by Gasteiger charge is 2.22. The van der Waals surface area contributed by atoms with E-state index in [0.29, 0.717) is 19.1 Å². The van der Waals surface area contributed by atoms with Crippen LogP contribution in [0.5, 0.6) is 0 Å². The molecule has 16 heavy (non-hydrogen) atoms. The quantitative estimate of drug-likeness (QED) is 0.794. The third kappa shape index (κ3) is 2.55. The number of hydrogen-bond acceptors (Lipinski definition) is 3. The number of carbonyl (C=O) groups excluding carboxylic acids is 1. The number of hydrogen-bond donors (Lipinski definition) is 0. The van der Waals surface area contributed by atoms with Crippen molar-refractivity contribution in [3.8, 4) is 0 Å². The number of rotatable bonds is 2. The lowest BCUT2D eigenvalue weighted by Gasteiger charge is -2.26. The van der Waals surface area contributed by atoms with Gasteiger partial charge in [-0.15, -0.1) is 11.3 Å². The summed E-state index contributed by atoms with van der Waals surface area (Å²) in [5.41, 5.74) is 1.39. The molecule has 0 N–H and O–H groups in total. The molecule has 0 radical (unpaired) electrons. The Labute approximate surface area is 100 Å². The first-order valence-electron chi connectivity index (χ1n) is 5.63. The van der Waals surface area contributed by atoms with Crippen molar-refractivity contribution in [2.75, 3.05) is 13.2 Å². The molecule has 1 amide bonds. The lowest BCUT2D eigenvalue weighted by Crippen LogP contribution is -2.36. The normalized spacial score (nSPS) is 15.1. The largest absolute Gasteiger partial charge is 0.449 e. The average Bonchev–Trinajstić information content (AvgIpc) is 2.72. The molecule has 0 saturated heterocycles. The minimum atomic E-state index is -0.173. The zero-order valence-electron chi connectivity index (χ0n) is 9.73. The number of fused-ring (bicyclic) bond motifs is 1.